The first-order valence-electron chi connectivity index (χ1n) is 23.1. The van der Waals surface area contributed by atoms with E-state index in [1.54, 1.807) is 17.8 Å². The predicted molar refractivity (Wildman–Crippen MR) is 301 cm³/mol. The molecule has 3 aromatic rings. The summed E-state index contributed by atoms with van der Waals surface area (Å²) in [6, 6.07) is 0. The molecule has 44 nitrogen and oxygen atoms in total. The van der Waals surface area contributed by atoms with Crippen molar-refractivity contribution in [1.82, 2.24) is 28.7 Å². The van der Waals surface area contributed by atoms with Crippen LogP contribution in [0.5, 0.6) is 0 Å². The summed E-state index contributed by atoms with van der Waals surface area (Å²) in [7, 11) is -51.1. The molecule has 0 spiro atoms. The highest BCUT2D eigenvalue weighted by atomic mass is 32.1. The number of alkyl halides is 3. The summed E-state index contributed by atoms with van der Waals surface area (Å²) in [4.78, 5) is 125. The van der Waals surface area contributed by atoms with Crippen molar-refractivity contribution >= 4 is 125 Å². The second kappa shape index (κ2) is 31.3. The fourth-order valence-corrected chi connectivity index (χ4v) is 17.3. The lowest BCUT2D eigenvalue weighted by Gasteiger charge is -2.24. The van der Waals surface area contributed by atoms with Crippen molar-refractivity contribution in [2.45, 2.75) is 72.3 Å². The average molecular weight is 1650 g/mol. The van der Waals surface area contributed by atoms with Gasteiger partial charge in [0.2, 0.25) is 27.6 Å². The summed E-state index contributed by atoms with van der Waals surface area (Å²) in [5, 5.41) is 30.5. The SMILES string of the molecule is C#CC1(F)[C@@H](O)[C@@H](COP(=O)(O)OP(=O)(O)OP(=O)(O)O)O[C@H]1n1cc(F)c(=O)[nH]c1=S.C#CC1(F)[C@@H](O)[C@@H](COP(=O)(O)OP(=O)(O)OP(=O)(O)O)O[C@H]1n1cc(F)c(=S)[nH]c1=S.C#CC1(F)[C@@H](O)[C@@H](COP(=O)(O)OP(=O)(O)OP(=O)(O)O)O[C@H]1n1cc(F)c(N)nc1=S. The van der Waals surface area contributed by atoms with E-state index in [9.17, 15) is 89.1 Å². The van der Waals surface area contributed by atoms with Crippen LogP contribution in [0.2, 0.25) is 0 Å². The van der Waals surface area contributed by atoms with Crippen LogP contribution in [-0.4, -0.2) is 176 Å². The monoisotopic (exact) mass is 1650 g/mol. The van der Waals surface area contributed by atoms with Crippen LogP contribution in [0.25, 0.3) is 0 Å². The summed E-state index contributed by atoms with van der Waals surface area (Å²) in [5.41, 5.74) is -5.34. The molecule has 6 rings (SSSR count). The van der Waals surface area contributed by atoms with Crippen LogP contribution < -0.4 is 11.3 Å². The van der Waals surface area contributed by atoms with Crippen LogP contribution in [0.3, 0.4) is 0 Å². The third kappa shape index (κ3) is 22.7. The van der Waals surface area contributed by atoms with E-state index >= 15 is 13.2 Å². The Morgan fingerprint density at radius 1 is 0.500 bits per heavy atom. The Morgan fingerprint density at radius 3 is 1.08 bits per heavy atom. The number of nitrogen functional groups attached to an aromatic ring is 1. The first kappa shape index (κ1) is 85.4. The maximum Gasteiger partial charge on any atom is 0.490 e. The van der Waals surface area contributed by atoms with Crippen molar-refractivity contribution < 1.29 is 195 Å². The van der Waals surface area contributed by atoms with E-state index in [0.29, 0.717) is 32.3 Å². The van der Waals surface area contributed by atoms with Crippen molar-refractivity contribution in [1.29, 1.82) is 0 Å². The average Bonchev–Trinajstić information content (AvgIpc) is 1.58. The molecule has 0 aromatic carbocycles. The van der Waals surface area contributed by atoms with Crippen LogP contribution in [-0.2, 0) is 94.7 Å². The summed E-state index contributed by atoms with van der Waals surface area (Å²) in [6.45, 7) is -3.70. The molecule has 3 aliphatic rings. The highest BCUT2D eigenvalue weighted by Gasteiger charge is 2.61. The van der Waals surface area contributed by atoms with E-state index in [-0.39, 0.29) is 4.77 Å². The Labute approximate surface area is 546 Å². The number of H-pyrrole nitrogens is 2. The molecule has 0 saturated carbocycles. The Kier molecular flexibility index (Phi) is 27.8. The maximum absolute atomic E-state index is 15.3. The van der Waals surface area contributed by atoms with E-state index < -0.39 is 206 Å². The number of aromatic amines is 2. The maximum atomic E-state index is 15.3. The van der Waals surface area contributed by atoms with Crippen LogP contribution in [0.4, 0.5) is 32.2 Å². The van der Waals surface area contributed by atoms with E-state index in [1.807, 2.05) is 4.98 Å². The lowest BCUT2D eigenvalue weighted by molar-refractivity contribution is -0.0530. The molecular formula is C33H40F6N7O37P9S4. The predicted octanol–water partition coefficient (Wildman–Crippen LogP) is 1.62. The van der Waals surface area contributed by atoms with Crippen LogP contribution in [0.1, 0.15) is 18.7 Å². The second-order valence-corrected chi connectivity index (χ2v) is 32.6. The second-order valence-electron chi connectivity index (χ2n) is 17.8. The third-order valence-corrected chi connectivity index (χ3v) is 23.6. The molecule has 6 heterocycles. The number of ether oxygens (including phenoxy) is 3. The zero-order chi connectivity index (χ0) is 74.1. The van der Waals surface area contributed by atoms with Gasteiger partial charge in [-0.2, -0.15) is 35.2 Å². The molecule has 3 aromatic heterocycles. The van der Waals surface area contributed by atoms with Crippen molar-refractivity contribution in [2.24, 2.45) is 0 Å². The minimum Gasteiger partial charge on any atom is -0.386 e. The smallest absolute Gasteiger partial charge is 0.386 e. The summed E-state index contributed by atoms with van der Waals surface area (Å²) in [5.74, 6) is 0.512. The molecule has 63 heteroatoms. The normalized spacial score (nSPS) is 29.8. The number of nitrogens with zero attached hydrogens (tertiary/aromatic N) is 4. The van der Waals surface area contributed by atoms with Gasteiger partial charge >= 0.3 is 70.4 Å². The molecule has 96 heavy (non-hydrogen) atoms. The number of halogens is 6. The summed E-state index contributed by atoms with van der Waals surface area (Å²) >= 11 is 19.1. The van der Waals surface area contributed by atoms with Crippen LogP contribution in [0.15, 0.2) is 23.4 Å². The molecule has 19 N–H and O–H groups in total. The number of aliphatic hydroxyl groups is 3. The number of phosphoric ester groups is 3. The number of terminal acetylenes is 3. The van der Waals surface area contributed by atoms with Crippen LogP contribution >= 0.6 is 119 Å². The summed E-state index contributed by atoms with van der Waals surface area (Å²) in [6.07, 6.45) is -1.60. The van der Waals surface area contributed by atoms with Gasteiger partial charge in [-0.25, -0.2) is 63.0 Å². The number of anilines is 1. The molecular weight excluding hydrogens is 1610 g/mol. The molecule has 3 fully saturated rings. The van der Waals surface area contributed by atoms with E-state index in [2.05, 4.69) is 61.6 Å². The molecule has 0 aliphatic carbocycles. The zero-order valence-corrected chi connectivity index (χ0v) is 56.6. The van der Waals surface area contributed by atoms with Gasteiger partial charge in [-0.05, 0) is 36.7 Å². The number of hydrogen-bond donors (Lipinski definition) is 18. The number of aromatic nitrogens is 6. The highest BCUT2D eigenvalue weighted by molar-refractivity contribution is 7.72. The van der Waals surface area contributed by atoms with Gasteiger partial charge in [0.1, 0.15) is 41.3 Å². The Hall–Kier alpha value is -3.03. The molecule has 18 atom stereocenters. The quantitative estimate of drug-likeness (QED) is 0.0262. The molecule has 540 valence electrons. The van der Waals surface area contributed by atoms with Gasteiger partial charge in [0, 0.05) is 12.4 Å². The third-order valence-electron chi connectivity index (χ3n) is 11.0. The van der Waals surface area contributed by atoms with E-state index in [0.717, 1.165) is 0 Å². The van der Waals surface area contributed by atoms with Gasteiger partial charge in [-0.15, -0.1) is 19.3 Å². The number of nitrogens with one attached hydrogen (secondary N) is 2. The fraction of sp³-hybridized carbons (Fsp3) is 0.455. The van der Waals surface area contributed by atoms with Gasteiger partial charge in [0.25, 0.3) is 5.56 Å². The minimum absolute atomic E-state index is 0.362. The van der Waals surface area contributed by atoms with Gasteiger partial charge in [-0.1, -0.05) is 30.0 Å². The zero-order valence-electron chi connectivity index (χ0n) is 45.3. The van der Waals surface area contributed by atoms with Gasteiger partial charge in [0.15, 0.2) is 45.7 Å². The molecule has 3 saturated heterocycles. The van der Waals surface area contributed by atoms with Crippen molar-refractivity contribution in [3.63, 3.8) is 0 Å². The summed E-state index contributed by atoms with van der Waals surface area (Å²) < 4.78 is 237. The number of nitrogens with two attached hydrogens (primary N) is 1. The van der Waals surface area contributed by atoms with Crippen molar-refractivity contribution in [3.05, 3.63) is 65.3 Å². The molecule has 0 amide bonds. The fourth-order valence-electron chi connectivity index (χ4n) is 7.24. The Balaban J connectivity index is 0.000000306. The molecule has 9 unspecified atom stereocenters. The van der Waals surface area contributed by atoms with Gasteiger partial charge in [-0.3, -0.25) is 37.1 Å². The minimum atomic E-state index is -5.82. The topological polar surface area (TPSA) is 670 Å². The highest BCUT2D eigenvalue weighted by Crippen LogP contribution is 2.69. The first-order chi connectivity index (χ1) is 43.2. The number of rotatable bonds is 24. The molecule has 0 radical (unpaired) electrons. The standard InChI is InChI=1S/C11H14F2N3O12P3S.C11H13F2N2O13P3S.C11H13F2N2O12P3S2/c1-2-11(13)7(17)6(26-9(11)16-3-5(12)8(14)15-10(16)32)4-25-30(21,22)28-31(23,24)27-29(18,19)20;1-2-11(13)7(16)6(26-9(11)15-3-5(12)8(17)14-10(15)32)4-25-30(21,22)28-31(23,24)27-29(18,19)20;1-2-11(13)7(16)6(25-9(11)15-3-5(12)8(31)14-10(15)32)4-24-29(20,21)27-30(22,23)26-28(17,18)19/h1,3,6-7,9,17H,4H2,(H,21,22)(H,23,24)(H2,14,15,32)(H2,18,19,20);1,3,6-7,9,16H,4H2,(H,21,22)(H,23,24)(H,14,17,32)(H2,18,19,20);1,3,6-7,9,16H,4H2,(H,20,21)(H,22,23)(H,14,31,32)(H2,17,18,19)/t3*6-,7+,9-,11?/m111/s1. The lowest BCUT2D eigenvalue weighted by atomic mass is 9.97. The largest absolute Gasteiger partial charge is 0.490 e. The van der Waals surface area contributed by atoms with Gasteiger partial charge in [0.05, 0.1) is 26.0 Å². The lowest BCUT2D eigenvalue weighted by Crippen LogP contribution is -2.42. The van der Waals surface area contributed by atoms with Crippen LogP contribution in [0, 0.1) is 73.4 Å². The van der Waals surface area contributed by atoms with E-state index in [4.69, 9.17) is 120 Å². The Morgan fingerprint density at radius 2 is 0.781 bits per heavy atom. The number of phosphoric acid groups is 9. The number of aliphatic hydroxyl groups excluding tert-OH is 3. The van der Waals surface area contributed by atoms with Crippen molar-refractivity contribution in [3.8, 4) is 37.0 Å². The van der Waals surface area contributed by atoms with E-state index in [1.165, 1.54) is 0 Å². The number of hydrogen-bond acceptors (Lipinski definition) is 31. The first-order valence-corrected chi connectivity index (χ1v) is 38.3. The van der Waals surface area contributed by atoms with Crippen molar-refractivity contribution in [2.75, 3.05) is 25.6 Å². The van der Waals surface area contributed by atoms with Gasteiger partial charge < -0.3 is 99.0 Å². The molecule has 0 bridgehead atoms. The Bertz CT molecular complexity index is 4200. The molecule has 3 aliphatic heterocycles.